The van der Waals surface area contributed by atoms with Gasteiger partial charge in [-0.1, -0.05) is 0 Å². The molecular weight excluding hydrogens is 242 g/mol. The number of hydrogen-bond acceptors (Lipinski definition) is 4. The highest BCUT2D eigenvalue weighted by molar-refractivity contribution is 5.96. The average molecular weight is 261 g/mol. The van der Waals surface area contributed by atoms with Crippen LogP contribution in [0.25, 0.3) is 0 Å². The predicted octanol–water partition coefficient (Wildman–Crippen LogP) is 1.57. The Bertz CT molecular complexity index is 466. The van der Waals surface area contributed by atoms with Gasteiger partial charge in [0.25, 0.3) is 0 Å². The van der Waals surface area contributed by atoms with Crippen molar-refractivity contribution in [2.24, 2.45) is 0 Å². The van der Waals surface area contributed by atoms with Crippen molar-refractivity contribution >= 4 is 5.78 Å². The molecule has 0 spiro atoms. The van der Waals surface area contributed by atoms with E-state index in [1.54, 1.807) is 0 Å². The van der Waals surface area contributed by atoms with E-state index in [-0.39, 0.29) is 11.9 Å². The topological polar surface area (TPSA) is 47.6 Å². The van der Waals surface area contributed by atoms with Crippen LogP contribution in [0.1, 0.15) is 28.8 Å². The third-order valence-corrected chi connectivity index (χ3v) is 3.65. The fourth-order valence-corrected chi connectivity index (χ4v) is 2.61. The van der Waals surface area contributed by atoms with Gasteiger partial charge in [0, 0.05) is 25.1 Å². The number of aryl methyl sites for hydroxylation is 1. The molecule has 1 saturated heterocycles. The first-order valence-corrected chi connectivity index (χ1v) is 6.94. The van der Waals surface area contributed by atoms with Gasteiger partial charge in [-0.05, 0) is 36.6 Å². The van der Waals surface area contributed by atoms with Crippen molar-refractivity contribution in [3.63, 3.8) is 0 Å². The summed E-state index contributed by atoms with van der Waals surface area (Å²) in [6, 6.07) is 5.76. The Morgan fingerprint density at radius 3 is 3.16 bits per heavy atom. The zero-order valence-corrected chi connectivity index (χ0v) is 11.0. The van der Waals surface area contributed by atoms with E-state index in [0.29, 0.717) is 13.0 Å². The zero-order valence-electron chi connectivity index (χ0n) is 11.0. The smallest absolute Gasteiger partial charge is 0.165 e. The number of ketones is 1. The summed E-state index contributed by atoms with van der Waals surface area (Å²) in [6.45, 7) is 3.11. The molecule has 1 N–H and O–H groups in total. The molecular formula is C15H19NO3. The molecule has 0 aromatic heterocycles. The van der Waals surface area contributed by atoms with Crippen LogP contribution >= 0.6 is 0 Å². The van der Waals surface area contributed by atoms with Crippen LogP contribution in [0.3, 0.4) is 0 Å². The van der Waals surface area contributed by atoms with Gasteiger partial charge in [-0.2, -0.15) is 0 Å². The minimum absolute atomic E-state index is 0.00790. The number of morpholine rings is 1. The van der Waals surface area contributed by atoms with Gasteiger partial charge in [-0.25, -0.2) is 0 Å². The molecule has 0 amide bonds. The summed E-state index contributed by atoms with van der Waals surface area (Å²) in [5, 5.41) is 3.24. The van der Waals surface area contributed by atoms with Crippen LogP contribution in [0.15, 0.2) is 18.2 Å². The lowest BCUT2D eigenvalue weighted by Gasteiger charge is -2.23. The van der Waals surface area contributed by atoms with E-state index < -0.39 is 0 Å². The van der Waals surface area contributed by atoms with Gasteiger partial charge < -0.3 is 14.8 Å². The molecule has 19 heavy (non-hydrogen) atoms. The van der Waals surface area contributed by atoms with Crippen LogP contribution < -0.4 is 10.1 Å². The van der Waals surface area contributed by atoms with Crippen molar-refractivity contribution in [2.45, 2.75) is 25.4 Å². The molecule has 102 valence electrons. The number of ether oxygens (including phenoxy) is 2. The summed E-state index contributed by atoms with van der Waals surface area (Å²) >= 11 is 0. The molecule has 2 aliphatic rings. The Kier molecular flexibility index (Phi) is 3.80. The normalized spacial score (nSPS) is 22.4. The van der Waals surface area contributed by atoms with Crippen LogP contribution in [0.5, 0.6) is 5.75 Å². The molecule has 4 heteroatoms. The maximum atomic E-state index is 12.3. The lowest BCUT2D eigenvalue weighted by molar-refractivity contribution is 0.0240. The standard InChI is InChI=1S/C15H19NO3/c17-14(9-13-10-16-5-7-18-13)11-3-4-15-12(8-11)2-1-6-19-15/h3-4,8,13,16H,1-2,5-7,9-10H2. The van der Waals surface area contributed by atoms with Gasteiger partial charge in [-0.3, -0.25) is 4.79 Å². The highest BCUT2D eigenvalue weighted by Gasteiger charge is 2.19. The number of carbonyl (C=O) groups is 1. The van der Waals surface area contributed by atoms with Crippen LogP contribution in [0.2, 0.25) is 0 Å². The number of rotatable bonds is 3. The number of benzene rings is 1. The Labute approximate surface area is 113 Å². The number of hydrogen-bond donors (Lipinski definition) is 1. The molecule has 3 rings (SSSR count). The third kappa shape index (κ3) is 2.96. The van der Waals surface area contributed by atoms with Crippen LogP contribution in [-0.2, 0) is 11.2 Å². The maximum Gasteiger partial charge on any atom is 0.165 e. The van der Waals surface area contributed by atoms with E-state index in [1.807, 2.05) is 18.2 Å². The Morgan fingerprint density at radius 1 is 1.37 bits per heavy atom. The molecule has 2 heterocycles. The number of carbonyl (C=O) groups excluding carboxylic acids is 1. The van der Waals surface area contributed by atoms with E-state index in [1.165, 1.54) is 0 Å². The molecule has 1 fully saturated rings. The average Bonchev–Trinajstić information content (AvgIpc) is 2.48. The first kappa shape index (κ1) is 12.6. The fraction of sp³-hybridized carbons (Fsp3) is 0.533. The monoisotopic (exact) mass is 261 g/mol. The molecule has 0 saturated carbocycles. The van der Waals surface area contributed by atoms with E-state index in [4.69, 9.17) is 9.47 Å². The molecule has 0 aliphatic carbocycles. The number of fused-ring (bicyclic) bond motifs is 1. The molecule has 4 nitrogen and oxygen atoms in total. The van der Waals surface area contributed by atoms with Crippen molar-refractivity contribution in [2.75, 3.05) is 26.3 Å². The molecule has 1 unspecified atom stereocenters. The van der Waals surface area contributed by atoms with Crippen molar-refractivity contribution in [1.82, 2.24) is 5.32 Å². The Hall–Kier alpha value is -1.39. The van der Waals surface area contributed by atoms with Gasteiger partial charge in [0.15, 0.2) is 5.78 Å². The Morgan fingerprint density at radius 2 is 2.32 bits per heavy atom. The lowest BCUT2D eigenvalue weighted by Crippen LogP contribution is -2.39. The van der Waals surface area contributed by atoms with Crippen LogP contribution in [0, 0.1) is 0 Å². The van der Waals surface area contributed by atoms with E-state index in [9.17, 15) is 4.79 Å². The Balaban J connectivity index is 1.69. The summed E-state index contributed by atoms with van der Waals surface area (Å²) in [7, 11) is 0. The van der Waals surface area contributed by atoms with Crippen molar-refractivity contribution in [1.29, 1.82) is 0 Å². The first-order chi connectivity index (χ1) is 9.33. The number of nitrogens with one attached hydrogen (secondary N) is 1. The highest BCUT2D eigenvalue weighted by atomic mass is 16.5. The highest BCUT2D eigenvalue weighted by Crippen LogP contribution is 2.26. The summed E-state index contributed by atoms with van der Waals surface area (Å²) in [5.41, 5.74) is 1.93. The van der Waals surface area contributed by atoms with Crippen molar-refractivity contribution in [3.8, 4) is 5.75 Å². The second kappa shape index (κ2) is 5.72. The van der Waals surface area contributed by atoms with Crippen LogP contribution in [0.4, 0.5) is 0 Å². The summed E-state index contributed by atoms with van der Waals surface area (Å²) in [4.78, 5) is 12.3. The maximum absolute atomic E-state index is 12.3. The fourth-order valence-electron chi connectivity index (χ4n) is 2.61. The number of Topliss-reactive ketones (excluding diaryl/α,β-unsaturated/α-hetero) is 1. The van der Waals surface area contributed by atoms with Gasteiger partial charge in [0.05, 0.1) is 19.3 Å². The molecule has 1 atom stereocenters. The van der Waals surface area contributed by atoms with E-state index >= 15 is 0 Å². The SMILES string of the molecule is O=C(CC1CNCCO1)c1ccc2c(c1)CCCO2. The molecule has 1 aromatic rings. The first-order valence-electron chi connectivity index (χ1n) is 6.94. The molecule has 2 aliphatic heterocycles. The molecule has 0 bridgehead atoms. The second-order valence-corrected chi connectivity index (χ2v) is 5.10. The van der Waals surface area contributed by atoms with E-state index in [2.05, 4.69) is 5.32 Å². The van der Waals surface area contributed by atoms with Gasteiger partial charge >= 0.3 is 0 Å². The summed E-state index contributed by atoms with van der Waals surface area (Å²) in [6.07, 6.45) is 2.48. The van der Waals surface area contributed by atoms with Crippen LogP contribution in [-0.4, -0.2) is 38.2 Å². The third-order valence-electron chi connectivity index (χ3n) is 3.65. The van der Waals surface area contributed by atoms with E-state index in [0.717, 1.165) is 49.4 Å². The largest absolute Gasteiger partial charge is 0.493 e. The summed E-state index contributed by atoms with van der Waals surface area (Å²) < 4.78 is 11.1. The lowest BCUT2D eigenvalue weighted by atomic mass is 9.99. The molecule has 0 radical (unpaired) electrons. The predicted molar refractivity (Wildman–Crippen MR) is 71.8 cm³/mol. The summed E-state index contributed by atoms with van der Waals surface area (Å²) in [5.74, 6) is 1.08. The molecule has 1 aromatic carbocycles. The minimum Gasteiger partial charge on any atom is -0.493 e. The quantitative estimate of drug-likeness (QED) is 0.839. The van der Waals surface area contributed by atoms with Gasteiger partial charge in [-0.15, -0.1) is 0 Å². The van der Waals surface area contributed by atoms with Crippen molar-refractivity contribution in [3.05, 3.63) is 29.3 Å². The second-order valence-electron chi connectivity index (χ2n) is 5.10. The van der Waals surface area contributed by atoms with Gasteiger partial charge in [0.1, 0.15) is 5.75 Å². The van der Waals surface area contributed by atoms with Crippen molar-refractivity contribution < 1.29 is 14.3 Å². The van der Waals surface area contributed by atoms with Gasteiger partial charge in [0.2, 0.25) is 0 Å². The zero-order chi connectivity index (χ0) is 13.1. The minimum atomic E-state index is 0.00790.